The second-order valence-corrected chi connectivity index (χ2v) is 2.29. The maximum Gasteiger partial charge on any atom is 0.145 e. The number of aliphatic hydroxyl groups excluding tert-OH is 2. The van der Waals surface area contributed by atoms with Gasteiger partial charge in [-0.1, -0.05) is 0 Å². The second kappa shape index (κ2) is 4.69. The number of aliphatic hydroxyl groups is 2. The Balaban J connectivity index is 2.51. The Hall–Kier alpha value is -1.13. The Morgan fingerprint density at radius 2 is 2.17 bits per heavy atom. The molecule has 0 spiro atoms. The van der Waals surface area contributed by atoms with Crippen LogP contribution < -0.4 is 4.74 Å². The molecule has 1 aromatic rings. The molecule has 0 aliphatic carbocycles. The van der Waals surface area contributed by atoms with Crippen molar-refractivity contribution < 1.29 is 14.9 Å². The zero-order chi connectivity index (χ0) is 8.81. The molecule has 4 heteroatoms. The summed E-state index contributed by atoms with van der Waals surface area (Å²) in [5.41, 5.74) is 0. The SMILES string of the molecule is OCC(CO)Oc1cccnc1. The number of hydrogen-bond acceptors (Lipinski definition) is 4. The van der Waals surface area contributed by atoms with Crippen LogP contribution in [0.25, 0.3) is 0 Å². The maximum absolute atomic E-state index is 8.68. The fourth-order valence-electron chi connectivity index (χ4n) is 0.742. The molecule has 4 nitrogen and oxygen atoms in total. The summed E-state index contributed by atoms with van der Waals surface area (Å²) in [6.45, 7) is -0.406. The van der Waals surface area contributed by atoms with Crippen LogP contribution in [0, 0.1) is 0 Å². The molecule has 0 aromatic carbocycles. The molecule has 0 aliphatic rings. The first-order valence-electron chi connectivity index (χ1n) is 3.65. The van der Waals surface area contributed by atoms with Crippen molar-refractivity contribution in [3.8, 4) is 5.75 Å². The van der Waals surface area contributed by atoms with Gasteiger partial charge >= 0.3 is 0 Å². The van der Waals surface area contributed by atoms with E-state index in [1.165, 1.54) is 6.20 Å². The molecule has 66 valence electrons. The third kappa shape index (κ3) is 2.48. The zero-order valence-electron chi connectivity index (χ0n) is 6.55. The van der Waals surface area contributed by atoms with E-state index >= 15 is 0 Å². The topological polar surface area (TPSA) is 62.6 Å². The second-order valence-electron chi connectivity index (χ2n) is 2.29. The summed E-state index contributed by atoms with van der Waals surface area (Å²) in [5.74, 6) is 0.547. The fourth-order valence-corrected chi connectivity index (χ4v) is 0.742. The number of rotatable bonds is 4. The third-order valence-electron chi connectivity index (χ3n) is 1.34. The Bertz CT molecular complexity index is 211. The van der Waals surface area contributed by atoms with Gasteiger partial charge in [-0.25, -0.2) is 0 Å². The molecule has 0 amide bonds. The molecule has 1 rings (SSSR count). The molecule has 1 heterocycles. The number of aromatic nitrogens is 1. The zero-order valence-corrected chi connectivity index (χ0v) is 6.55. The Kier molecular flexibility index (Phi) is 3.50. The lowest BCUT2D eigenvalue weighted by molar-refractivity contribution is 0.0627. The first-order chi connectivity index (χ1) is 5.86. The molecule has 0 atom stereocenters. The normalized spacial score (nSPS) is 10.2. The number of pyridine rings is 1. The molecule has 1 aromatic heterocycles. The van der Waals surface area contributed by atoms with E-state index in [4.69, 9.17) is 14.9 Å². The average molecular weight is 169 g/mol. The minimum absolute atomic E-state index is 0.203. The van der Waals surface area contributed by atoms with Crippen molar-refractivity contribution in [3.05, 3.63) is 24.5 Å². The van der Waals surface area contributed by atoms with E-state index in [2.05, 4.69) is 4.98 Å². The summed E-state index contributed by atoms with van der Waals surface area (Å²) < 4.78 is 5.15. The van der Waals surface area contributed by atoms with Crippen LogP contribution in [0.4, 0.5) is 0 Å². The Labute approximate surface area is 70.4 Å². The number of ether oxygens (including phenoxy) is 1. The summed E-state index contributed by atoms with van der Waals surface area (Å²) >= 11 is 0. The van der Waals surface area contributed by atoms with Crippen molar-refractivity contribution in [1.82, 2.24) is 4.98 Å². The highest BCUT2D eigenvalue weighted by Crippen LogP contribution is 2.08. The van der Waals surface area contributed by atoms with Crippen molar-refractivity contribution >= 4 is 0 Å². The summed E-state index contributed by atoms with van der Waals surface area (Å²) in [7, 11) is 0. The van der Waals surface area contributed by atoms with Crippen LogP contribution in [-0.2, 0) is 0 Å². The van der Waals surface area contributed by atoms with E-state index < -0.39 is 6.10 Å². The van der Waals surface area contributed by atoms with Crippen LogP contribution in [0.3, 0.4) is 0 Å². The first-order valence-corrected chi connectivity index (χ1v) is 3.65. The Morgan fingerprint density at radius 1 is 1.42 bits per heavy atom. The molecule has 0 unspecified atom stereocenters. The van der Waals surface area contributed by atoms with Gasteiger partial charge in [0, 0.05) is 6.20 Å². The minimum Gasteiger partial charge on any atom is -0.484 e. The van der Waals surface area contributed by atoms with E-state index in [0.717, 1.165) is 0 Å². The van der Waals surface area contributed by atoms with Gasteiger partial charge in [0.2, 0.25) is 0 Å². The number of nitrogens with zero attached hydrogens (tertiary/aromatic N) is 1. The van der Waals surface area contributed by atoms with Gasteiger partial charge in [-0.3, -0.25) is 4.98 Å². The molecular formula is C8H11NO3. The highest BCUT2D eigenvalue weighted by molar-refractivity contribution is 5.15. The molecule has 2 N–H and O–H groups in total. The van der Waals surface area contributed by atoms with Gasteiger partial charge < -0.3 is 14.9 Å². The van der Waals surface area contributed by atoms with E-state index in [9.17, 15) is 0 Å². The Morgan fingerprint density at radius 3 is 2.67 bits per heavy atom. The molecule has 0 radical (unpaired) electrons. The summed E-state index contributed by atoms with van der Waals surface area (Å²) in [5, 5.41) is 17.4. The first kappa shape index (κ1) is 8.96. The van der Waals surface area contributed by atoms with Crippen LogP contribution in [0.2, 0.25) is 0 Å². The molecular weight excluding hydrogens is 158 g/mol. The summed E-state index contributed by atoms with van der Waals surface area (Å²) in [4.78, 5) is 3.82. The van der Waals surface area contributed by atoms with Crippen molar-refractivity contribution in [2.45, 2.75) is 6.10 Å². The van der Waals surface area contributed by atoms with Gasteiger partial charge in [-0.05, 0) is 12.1 Å². The quantitative estimate of drug-likeness (QED) is 0.656. The van der Waals surface area contributed by atoms with Crippen LogP contribution in [0.1, 0.15) is 0 Å². The minimum atomic E-state index is -0.561. The highest BCUT2D eigenvalue weighted by atomic mass is 16.5. The fraction of sp³-hybridized carbons (Fsp3) is 0.375. The lowest BCUT2D eigenvalue weighted by atomic mass is 10.4. The molecule has 0 saturated heterocycles. The third-order valence-corrected chi connectivity index (χ3v) is 1.34. The molecule has 0 fully saturated rings. The van der Waals surface area contributed by atoms with Gasteiger partial charge in [0.15, 0.2) is 0 Å². The van der Waals surface area contributed by atoms with E-state index in [1.807, 2.05) is 0 Å². The molecule has 0 aliphatic heterocycles. The molecule has 12 heavy (non-hydrogen) atoms. The van der Waals surface area contributed by atoms with Crippen molar-refractivity contribution in [1.29, 1.82) is 0 Å². The average Bonchev–Trinajstić information content (AvgIpc) is 2.16. The van der Waals surface area contributed by atoms with Crippen LogP contribution in [0.15, 0.2) is 24.5 Å². The van der Waals surface area contributed by atoms with Gasteiger partial charge in [0.25, 0.3) is 0 Å². The lowest BCUT2D eigenvalue weighted by Crippen LogP contribution is -2.25. The highest BCUT2D eigenvalue weighted by Gasteiger charge is 2.06. The van der Waals surface area contributed by atoms with Crippen molar-refractivity contribution in [3.63, 3.8) is 0 Å². The van der Waals surface area contributed by atoms with E-state index in [1.54, 1.807) is 18.3 Å². The van der Waals surface area contributed by atoms with Crippen molar-refractivity contribution in [2.24, 2.45) is 0 Å². The van der Waals surface area contributed by atoms with E-state index in [0.29, 0.717) is 5.75 Å². The predicted octanol–water partition coefficient (Wildman–Crippen LogP) is -0.186. The van der Waals surface area contributed by atoms with Crippen LogP contribution in [0.5, 0.6) is 5.75 Å². The molecule has 0 saturated carbocycles. The number of hydrogen-bond donors (Lipinski definition) is 2. The van der Waals surface area contributed by atoms with Gasteiger partial charge in [-0.2, -0.15) is 0 Å². The van der Waals surface area contributed by atoms with Gasteiger partial charge in [-0.15, -0.1) is 0 Å². The predicted molar refractivity (Wildman–Crippen MR) is 42.8 cm³/mol. The van der Waals surface area contributed by atoms with Gasteiger partial charge in [0.05, 0.1) is 19.4 Å². The van der Waals surface area contributed by atoms with Crippen LogP contribution >= 0.6 is 0 Å². The lowest BCUT2D eigenvalue weighted by Gasteiger charge is -2.12. The smallest absolute Gasteiger partial charge is 0.145 e. The maximum atomic E-state index is 8.68. The standard InChI is InChI=1S/C8H11NO3/c10-5-8(6-11)12-7-2-1-3-9-4-7/h1-4,8,10-11H,5-6H2. The van der Waals surface area contributed by atoms with E-state index in [-0.39, 0.29) is 13.2 Å². The largest absolute Gasteiger partial charge is 0.484 e. The monoisotopic (exact) mass is 169 g/mol. The summed E-state index contributed by atoms with van der Waals surface area (Å²) in [6, 6.07) is 3.44. The van der Waals surface area contributed by atoms with Crippen LogP contribution in [-0.4, -0.2) is 34.5 Å². The summed E-state index contributed by atoms with van der Waals surface area (Å²) in [6.07, 6.45) is 2.59. The van der Waals surface area contributed by atoms with Gasteiger partial charge in [0.1, 0.15) is 11.9 Å². The van der Waals surface area contributed by atoms with Crippen molar-refractivity contribution in [2.75, 3.05) is 13.2 Å². The molecule has 0 bridgehead atoms.